The van der Waals surface area contributed by atoms with Crippen LogP contribution in [0.2, 0.25) is 0 Å². The van der Waals surface area contributed by atoms with Crippen LogP contribution in [-0.2, 0) is 11.3 Å². The summed E-state index contributed by atoms with van der Waals surface area (Å²) in [6, 6.07) is 7.99. The molecule has 3 aromatic rings. The lowest BCUT2D eigenvalue weighted by molar-refractivity contribution is -0.125. The first-order valence-electron chi connectivity index (χ1n) is 11.1. The highest BCUT2D eigenvalue weighted by Gasteiger charge is 2.33. The van der Waals surface area contributed by atoms with Gasteiger partial charge in [-0.2, -0.15) is 5.10 Å². The first kappa shape index (κ1) is 20.4. The molecule has 2 saturated heterocycles. The van der Waals surface area contributed by atoms with Crippen LogP contribution in [0.1, 0.15) is 29.8 Å². The number of carbonyl (C=O) groups is 1. The van der Waals surface area contributed by atoms with Crippen LogP contribution in [0, 0.1) is 19.8 Å². The summed E-state index contributed by atoms with van der Waals surface area (Å²) in [7, 11) is 0. The maximum absolute atomic E-state index is 12.6. The van der Waals surface area contributed by atoms with E-state index in [-0.39, 0.29) is 11.8 Å². The number of rotatable bonds is 6. The molecule has 5 heterocycles. The van der Waals surface area contributed by atoms with E-state index in [0.29, 0.717) is 19.6 Å². The summed E-state index contributed by atoms with van der Waals surface area (Å²) in [5.41, 5.74) is 3.05. The summed E-state index contributed by atoms with van der Waals surface area (Å²) >= 11 is 0. The average molecular weight is 433 g/mol. The molecule has 0 spiro atoms. The number of aromatic nitrogens is 5. The van der Waals surface area contributed by atoms with Gasteiger partial charge in [0.25, 0.3) is 0 Å². The maximum atomic E-state index is 12.6. The molecule has 2 fully saturated rings. The van der Waals surface area contributed by atoms with Gasteiger partial charge in [0.2, 0.25) is 5.91 Å². The lowest BCUT2D eigenvalue weighted by Gasteiger charge is -2.39. The zero-order valence-corrected chi connectivity index (χ0v) is 18.5. The topological polar surface area (TPSA) is 92.1 Å². The van der Waals surface area contributed by atoms with Crippen LogP contribution in [0.5, 0.6) is 0 Å². The fourth-order valence-electron chi connectivity index (χ4n) is 4.34. The fourth-order valence-corrected chi connectivity index (χ4v) is 4.34. The van der Waals surface area contributed by atoms with Crippen molar-refractivity contribution in [2.45, 2.75) is 33.2 Å². The molecule has 3 aromatic heterocycles. The quantitative estimate of drug-likeness (QED) is 0.637. The molecule has 2 aliphatic rings. The van der Waals surface area contributed by atoms with Crippen LogP contribution in [0.25, 0.3) is 5.82 Å². The highest BCUT2D eigenvalue weighted by atomic mass is 16.2. The van der Waals surface area contributed by atoms with Gasteiger partial charge in [-0.05, 0) is 50.5 Å². The van der Waals surface area contributed by atoms with E-state index in [0.717, 1.165) is 47.5 Å². The van der Waals surface area contributed by atoms with Crippen molar-refractivity contribution >= 4 is 17.5 Å². The van der Waals surface area contributed by atoms with Crippen LogP contribution in [0.4, 0.5) is 11.6 Å². The molecule has 0 atom stereocenters. The molecule has 1 amide bonds. The van der Waals surface area contributed by atoms with Crippen molar-refractivity contribution in [1.29, 1.82) is 0 Å². The molecule has 0 radical (unpaired) electrons. The number of nitrogens with one attached hydrogen (secondary N) is 1. The van der Waals surface area contributed by atoms with Crippen molar-refractivity contribution in [3.63, 3.8) is 0 Å². The fraction of sp³-hybridized carbons (Fsp3) is 0.435. The Bertz CT molecular complexity index is 1110. The van der Waals surface area contributed by atoms with Gasteiger partial charge in [0.1, 0.15) is 18.0 Å². The Hall–Kier alpha value is -3.49. The Morgan fingerprint density at radius 1 is 1.00 bits per heavy atom. The van der Waals surface area contributed by atoms with E-state index in [1.54, 1.807) is 6.33 Å². The van der Waals surface area contributed by atoms with Crippen LogP contribution in [0.15, 0.2) is 36.8 Å². The molecule has 5 rings (SSSR count). The van der Waals surface area contributed by atoms with Gasteiger partial charge in [-0.1, -0.05) is 0 Å². The lowest BCUT2D eigenvalue weighted by Crippen LogP contribution is -2.54. The van der Waals surface area contributed by atoms with Crippen molar-refractivity contribution in [2.24, 2.45) is 5.92 Å². The van der Waals surface area contributed by atoms with Gasteiger partial charge in [0, 0.05) is 50.7 Å². The predicted octanol–water partition coefficient (Wildman–Crippen LogP) is 2.03. The number of pyridine rings is 1. The van der Waals surface area contributed by atoms with E-state index in [9.17, 15) is 4.79 Å². The largest absolute Gasteiger partial charge is 0.357 e. The van der Waals surface area contributed by atoms with Gasteiger partial charge in [-0.3, -0.25) is 4.79 Å². The third-order valence-corrected chi connectivity index (χ3v) is 6.15. The molecule has 0 saturated carbocycles. The molecule has 0 bridgehead atoms. The van der Waals surface area contributed by atoms with Crippen molar-refractivity contribution in [3.05, 3.63) is 53.7 Å². The van der Waals surface area contributed by atoms with Gasteiger partial charge in [0.15, 0.2) is 5.82 Å². The molecule has 32 heavy (non-hydrogen) atoms. The minimum atomic E-state index is -0.0398. The molecule has 0 aromatic carbocycles. The van der Waals surface area contributed by atoms with Crippen LogP contribution < -0.4 is 15.1 Å². The van der Waals surface area contributed by atoms with E-state index < -0.39 is 0 Å². The smallest absolute Gasteiger partial charge is 0.226 e. The SMILES string of the molecule is Cc1cc(C)n(-c2cc(N3CC(C(=O)NCc4ccnc(N5CCCC5)c4)C3)ncn2)n1. The molecule has 0 aliphatic carbocycles. The van der Waals surface area contributed by atoms with Crippen LogP contribution in [-0.4, -0.2) is 56.8 Å². The van der Waals surface area contributed by atoms with Gasteiger partial charge in [-0.15, -0.1) is 0 Å². The van der Waals surface area contributed by atoms with E-state index in [4.69, 9.17) is 0 Å². The molecule has 0 unspecified atom stereocenters. The summed E-state index contributed by atoms with van der Waals surface area (Å²) in [4.78, 5) is 30.3. The second kappa shape index (κ2) is 8.57. The Morgan fingerprint density at radius 2 is 1.75 bits per heavy atom. The highest BCUT2D eigenvalue weighted by molar-refractivity contribution is 5.81. The second-order valence-corrected chi connectivity index (χ2v) is 8.61. The molecule has 9 nitrogen and oxygen atoms in total. The van der Waals surface area contributed by atoms with Gasteiger partial charge >= 0.3 is 0 Å². The minimum absolute atomic E-state index is 0.0398. The Kier molecular flexibility index (Phi) is 5.46. The van der Waals surface area contributed by atoms with Crippen molar-refractivity contribution in [1.82, 2.24) is 30.0 Å². The van der Waals surface area contributed by atoms with Gasteiger partial charge in [0.05, 0.1) is 11.6 Å². The summed E-state index contributed by atoms with van der Waals surface area (Å²) in [5, 5.41) is 7.57. The Morgan fingerprint density at radius 3 is 2.50 bits per heavy atom. The van der Waals surface area contributed by atoms with Gasteiger partial charge < -0.3 is 15.1 Å². The van der Waals surface area contributed by atoms with E-state index in [1.807, 2.05) is 42.9 Å². The predicted molar refractivity (Wildman–Crippen MR) is 122 cm³/mol. The first-order valence-corrected chi connectivity index (χ1v) is 11.1. The third kappa shape index (κ3) is 4.15. The monoisotopic (exact) mass is 432 g/mol. The standard InChI is InChI=1S/C23H28N8O/c1-16-9-17(2)31(28-16)22-11-21(26-15-27-22)30-13-19(14-30)23(32)25-12-18-5-6-24-20(10-18)29-7-3-4-8-29/h5-6,9-11,15,19H,3-4,7-8,12-14H2,1-2H3,(H,25,32). The molecule has 2 aliphatic heterocycles. The maximum Gasteiger partial charge on any atom is 0.226 e. The highest BCUT2D eigenvalue weighted by Crippen LogP contribution is 2.24. The van der Waals surface area contributed by atoms with E-state index >= 15 is 0 Å². The number of carbonyl (C=O) groups excluding carboxylic acids is 1. The van der Waals surface area contributed by atoms with Crippen LogP contribution >= 0.6 is 0 Å². The molecule has 1 N–H and O–H groups in total. The first-order chi connectivity index (χ1) is 15.6. The number of aryl methyl sites for hydroxylation is 2. The molecule has 9 heteroatoms. The third-order valence-electron chi connectivity index (χ3n) is 6.15. The zero-order chi connectivity index (χ0) is 22.1. The average Bonchev–Trinajstić information content (AvgIpc) is 3.41. The summed E-state index contributed by atoms with van der Waals surface area (Å²) in [6.07, 6.45) is 5.82. The lowest BCUT2D eigenvalue weighted by atomic mass is 9.99. The van der Waals surface area contributed by atoms with E-state index in [2.05, 4.69) is 41.2 Å². The zero-order valence-electron chi connectivity index (χ0n) is 18.5. The number of hydrogen-bond donors (Lipinski definition) is 1. The van der Waals surface area contributed by atoms with Crippen molar-refractivity contribution in [2.75, 3.05) is 36.0 Å². The van der Waals surface area contributed by atoms with E-state index in [1.165, 1.54) is 12.8 Å². The minimum Gasteiger partial charge on any atom is -0.357 e. The summed E-state index contributed by atoms with van der Waals surface area (Å²) in [5.74, 6) is 2.60. The van der Waals surface area contributed by atoms with Crippen molar-refractivity contribution < 1.29 is 4.79 Å². The molecule has 166 valence electrons. The number of nitrogens with zero attached hydrogens (tertiary/aromatic N) is 7. The number of amides is 1. The van der Waals surface area contributed by atoms with Crippen molar-refractivity contribution in [3.8, 4) is 5.82 Å². The van der Waals surface area contributed by atoms with Crippen LogP contribution in [0.3, 0.4) is 0 Å². The molecular weight excluding hydrogens is 404 g/mol. The molecular formula is C23H28N8O. The number of anilines is 2. The normalized spacial score (nSPS) is 16.3. The number of hydrogen-bond acceptors (Lipinski definition) is 7. The second-order valence-electron chi connectivity index (χ2n) is 8.61. The summed E-state index contributed by atoms with van der Waals surface area (Å²) in [6.45, 7) is 7.90. The Balaban J connectivity index is 1.16. The Labute approximate surface area is 187 Å². The van der Waals surface area contributed by atoms with Gasteiger partial charge in [-0.25, -0.2) is 19.6 Å². The summed E-state index contributed by atoms with van der Waals surface area (Å²) < 4.78 is 1.82.